The summed E-state index contributed by atoms with van der Waals surface area (Å²) in [4.78, 5) is 5.47. The largest absolute Gasteiger partial charge is 1.00 e. The van der Waals surface area contributed by atoms with Crippen LogP contribution in [-0.4, -0.2) is 6.21 Å². The molecule has 0 amide bonds. The Hall–Kier alpha value is -1.02. The number of thioether (sulfide) groups is 1. The maximum absolute atomic E-state index is 4.25. The van der Waals surface area contributed by atoms with Gasteiger partial charge in [0.05, 0.1) is 5.69 Å². The Morgan fingerprint density at radius 2 is 2.18 bits per heavy atom. The highest BCUT2D eigenvalue weighted by Gasteiger charge is 1.98. The summed E-state index contributed by atoms with van der Waals surface area (Å²) in [5.74, 6) is 0. The monoisotopic (exact) mass is 162 g/mol. The number of fused-ring (bicyclic) bond motifs is 1. The zero-order valence-corrected chi connectivity index (χ0v) is 6.71. The first-order chi connectivity index (χ1) is 5.47. The first kappa shape index (κ1) is 6.68. The Bertz CT molecular complexity index is 320. The molecule has 0 aromatic heterocycles. The van der Waals surface area contributed by atoms with Crippen molar-refractivity contribution in [1.82, 2.24) is 0 Å². The summed E-state index contributed by atoms with van der Waals surface area (Å²) >= 11 is 1.70. The summed E-state index contributed by atoms with van der Waals surface area (Å²) in [7, 11) is 0. The molecule has 1 aromatic carbocycles. The molecule has 2 rings (SSSR count). The minimum atomic E-state index is 0. The van der Waals surface area contributed by atoms with Crippen LogP contribution in [0.5, 0.6) is 0 Å². The van der Waals surface area contributed by atoms with Gasteiger partial charge in [0, 0.05) is 11.1 Å². The second-order valence-corrected chi connectivity index (χ2v) is 3.14. The lowest BCUT2D eigenvalue weighted by Gasteiger charge is -1.97. The Balaban J connectivity index is 0.000000720. The summed E-state index contributed by atoms with van der Waals surface area (Å²) in [5.41, 5.74) is 1.06. The molecular weight excluding hydrogens is 154 g/mol. The van der Waals surface area contributed by atoms with Crippen molar-refractivity contribution in [1.29, 1.82) is 0 Å². The van der Waals surface area contributed by atoms with Gasteiger partial charge in [-0.1, -0.05) is 23.9 Å². The van der Waals surface area contributed by atoms with Crippen molar-refractivity contribution in [2.45, 2.75) is 4.90 Å². The molecule has 0 unspecified atom stereocenters. The molecule has 0 atom stereocenters. The fourth-order valence-electron chi connectivity index (χ4n) is 0.935. The van der Waals surface area contributed by atoms with Crippen LogP contribution in [0, 0.1) is 0 Å². The summed E-state index contributed by atoms with van der Waals surface area (Å²) in [6.45, 7) is 0. The molecule has 0 N–H and O–H groups in total. The number of allylic oxidation sites excluding steroid dienone is 1. The van der Waals surface area contributed by atoms with E-state index >= 15 is 0 Å². The standard InChI is InChI=1S/C9H7NS/c1-2-5-9-8(4-1)10-6-3-7-11-9/h1-7H/p+1. The van der Waals surface area contributed by atoms with Gasteiger partial charge in [-0.2, -0.15) is 0 Å². The number of benzene rings is 1. The second kappa shape index (κ2) is 2.93. The van der Waals surface area contributed by atoms with Crippen molar-refractivity contribution < 1.29 is 1.43 Å². The third kappa shape index (κ3) is 1.35. The Morgan fingerprint density at radius 3 is 3.18 bits per heavy atom. The first-order valence-electron chi connectivity index (χ1n) is 3.42. The van der Waals surface area contributed by atoms with Gasteiger partial charge in [0.1, 0.15) is 0 Å². The third-order valence-electron chi connectivity index (χ3n) is 1.44. The molecule has 0 radical (unpaired) electrons. The van der Waals surface area contributed by atoms with Gasteiger partial charge in [0.2, 0.25) is 0 Å². The number of para-hydroxylation sites is 1. The zero-order valence-electron chi connectivity index (χ0n) is 6.90. The number of rotatable bonds is 0. The van der Waals surface area contributed by atoms with Crippen LogP contribution in [0.3, 0.4) is 0 Å². The van der Waals surface area contributed by atoms with Gasteiger partial charge in [-0.3, -0.25) is 4.99 Å². The fourth-order valence-corrected chi connectivity index (χ4v) is 1.63. The van der Waals surface area contributed by atoms with Gasteiger partial charge in [-0.25, -0.2) is 0 Å². The van der Waals surface area contributed by atoms with Gasteiger partial charge >= 0.3 is 1.43 Å². The molecule has 11 heavy (non-hydrogen) atoms. The summed E-state index contributed by atoms with van der Waals surface area (Å²) in [6.07, 6.45) is 3.77. The molecule has 1 aromatic rings. The normalized spacial score (nSPS) is 14.2. The number of nitrogens with zero attached hydrogens (tertiary/aromatic N) is 1. The topological polar surface area (TPSA) is 12.4 Å². The van der Waals surface area contributed by atoms with Gasteiger partial charge in [0.15, 0.2) is 0 Å². The van der Waals surface area contributed by atoms with E-state index in [1.807, 2.05) is 35.9 Å². The van der Waals surface area contributed by atoms with Crippen LogP contribution in [0.1, 0.15) is 1.43 Å². The van der Waals surface area contributed by atoms with Crippen LogP contribution in [0.25, 0.3) is 0 Å². The van der Waals surface area contributed by atoms with Gasteiger partial charge in [0.25, 0.3) is 0 Å². The quantitative estimate of drug-likeness (QED) is 0.571. The van der Waals surface area contributed by atoms with Crippen LogP contribution in [0.15, 0.2) is 45.6 Å². The molecule has 0 spiro atoms. The van der Waals surface area contributed by atoms with Crippen LogP contribution in [-0.2, 0) is 0 Å². The molecule has 1 nitrogen and oxygen atoms in total. The van der Waals surface area contributed by atoms with Crippen molar-refractivity contribution in [3.8, 4) is 0 Å². The van der Waals surface area contributed by atoms with E-state index in [0.717, 1.165) is 5.69 Å². The van der Waals surface area contributed by atoms with Crippen molar-refractivity contribution in [3.63, 3.8) is 0 Å². The van der Waals surface area contributed by atoms with Crippen molar-refractivity contribution in [3.05, 3.63) is 35.7 Å². The van der Waals surface area contributed by atoms with Crippen LogP contribution >= 0.6 is 11.8 Å². The van der Waals surface area contributed by atoms with Gasteiger partial charge in [-0.05, 0) is 23.6 Å². The molecule has 1 aliphatic heterocycles. The van der Waals surface area contributed by atoms with E-state index in [1.165, 1.54) is 4.90 Å². The molecule has 0 fully saturated rings. The summed E-state index contributed by atoms with van der Waals surface area (Å²) in [5, 5.41) is 2.04. The maximum atomic E-state index is 4.25. The predicted molar refractivity (Wildman–Crippen MR) is 50.7 cm³/mol. The van der Waals surface area contributed by atoms with Crippen molar-refractivity contribution >= 4 is 23.7 Å². The number of hydrogen-bond donors (Lipinski definition) is 0. The highest BCUT2D eigenvalue weighted by Crippen LogP contribution is 2.30. The Kier molecular flexibility index (Phi) is 1.78. The minimum absolute atomic E-state index is 0. The Morgan fingerprint density at radius 1 is 1.27 bits per heavy atom. The fraction of sp³-hybridized carbons (Fsp3) is 0. The molecule has 1 heterocycles. The highest BCUT2D eigenvalue weighted by molar-refractivity contribution is 8.02. The van der Waals surface area contributed by atoms with E-state index in [2.05, 4.69) is 11.1 Å². The van der Waals surface area contributed by atoms with E-state index in [0.29, 0.717) is 0 Å². The average molecular weight is 162 g/mol. The average Bonchev–Trinajstić information content (AvgIpc) is 2.28. The SMILES string of the molecule is C1=CSc2ccccc2N=C1.[H+]. The molecule has 0 bridgehead atoms. The van der Waals surface area contributed by atoms with Crippen LogP contribution in [0.2, 0.25) is 0 Å². The predicted octanol–water partition coefficient (Wildman–Crippen LogP) is 3.12. The Labute approximate surface area is 71.3 Å². The van der Waals surface area contributed by atoms with E-state index in [1.54, 1.807) is 11.8 Å². The van der Waals surface area contributed by atoms with E-state index < -0.39 is 0 Å². The van der Waals surface area contributed by atoms with E-state index in [-0.39, 0.29) is 1.43 Å². The lowest BCUT2D eigenvalue weighted by molar-refractivity contribution is 1.39. The number of aliphatic imine (C=N–C) groups is 1. The first-order valence-corrected chi connectivity index (χ1v) is 4.30. The summed E-state index contributed by atoms with van der Waals surface area (Å²) in [6, 6.07) is 8.13. The smallest absolute Gasteiger partial charge is 0.256 e. The molecule has 0 saturated carbocycles. The zero-order chi connectivity index (χ0) is 7.52. The molecule has 0 saturated heterocycles. The van der Waals surface area contributed by atoms with Crippen molar-refractivity contribution in [2.24, 2.45) is 4.99 Å². The molecule has 0 aliphatic carbocycles. The molecular formula is C9H8NS+. The minimum Gasteiger partial charge on any atom is -0.256 e. The molecule has 1 aliphatic rings. The van der Waals surface area contributed by atoms with E-state index in [4.69, 9.17) is 0 Å². The third-order valence-corrected chi connectivity index (χ3v) is 2.33. The highest BCUT2D eigenvalue weighted by atomic mass is 32.2. The number of hydrogen-bond acceptors (Lipinski definition) is 2. The maximum Gasteiger partial charge on any atom is 1.00 e. The van der Waals surface area contributed by atoms with Gasteiger partial charge in [-0.15, -0.1) is 0 Å². The molecule has 2 heteroatoms. The second-order valence-electron chi connectivity index (χ2n) is 2.19. The van der Waals surface area contributed by atoms with Crippen LogP contribution < -0.4 is 0 Å². The molecule has 54 valence electrons. The van der Waals surface area contributed by atoms with E-state index in [9.17, 15) is 0 Å². The van der Waals surface area contributed by atoms with Crippen LogP contribution in [0.4, 0.5) is 5.69 Å². The van der Waals surface area contributed by atoms with Crippen molar-refractivity contribution in [2.75, 3.05) is 0 Å². The lowest BCUT2D eigenvalue weighted by atomic mass is 10.3. The lowest BCUT2D eigenvalue weighted by Crippen LogP contribution is -1.68. The van der Waals surface area contributed by atoms with Gasteiger partial charge < -0.3 is 0 Å². The summed E-state index contributed by atoms with van der Waals surface area (Å²) < 4.78 is 0.